The molecule has 1 atom stereocenters. The topological polar surface area (TPSA) is 76.0 Å². The quantitative estimate of drug-likeness (QED) is 0.792. The number of amides is 2. The molecular weight excluding hydrogens is 328 g/mol. The molecule has 1 aromatic rings. The van der Waals surface area contributed by atoms with Gasteiger partial charge in [-0.15, -0.1) is 0 Å². The molecule has 2 aliphatic rings. The highest BCUT2D eigenvalue weighted by Crippen LogP contribution is 2.22. The number of carbonyl (C=O) groups excluding carboxylic acids is 2. The number of carbonyl (C=O) groups is 2. The number of fused-ring (bicyclic) bond motifs is 1. The molecule has 2 heterocycles. The van der Waals surface area contributed by atoms with Gasteiger partial charge in [0.15, 0.2) is 5.82 Å². The zero-order valence-electron chi connectivity index (χ0n) is 16.1. The van der Waals surface area contributed by atoms with Crippen molar-refractivity contribution >= 4 is 11.8 Å². The number of rotatable bonds is 5. The fourth-order valence-corrected chi connectivity index (χ4v) is 3.97. The SMILES string of the molecule is CCC(C)NC(=O)c1nc(C(=O)NC2CCCCCC2)n2c1CCCC2. The van der Waals surface area contributed by atoms with Gasteiger partial charge in [-0.1, -0.05) is 32.6 Å². The van der Waals surface area contributed by atoms with Gasteiger partial charge in [-0.2, -0.15) is 0 Å². The molecule has 0 radical (unpaired) electrons. The molecule has 1 fully saturated rings. The summed E-state index contributed by atoms with van der Waals surface area (Å²) in [5.41, 5.74) is 1.36. The van der Waals surface area contributed by atoms with Gasteiger partial charge < -0.3 is 15.2 Å². The summed E-state index contributed by atoms with van der Waals surface area (Å²) in [5, 5.41) is 6.17. The molecule has 6 nitrogen and oxygen atoms in total. The standard InChI is InChI=1S/C20H32N4O2/c1-3-14(2)21-19(25)17-16-12-8-9-13-24(16)18(23-17)20(26)22-15-10-6-4-5-7-11-15/h14-15H,3-13H2,1-2H3,(H,21,25)(H,22,26). The average Bonchev–Trinajstić information content (AvgIpc) is 2.85. The van der Waals surface area contributed by atoms with E-state index in [2.05, 4.69) is 15.6 Å². The van der Waals surface area contributed by atoms with Crippen molar-refractivity contribution in [1.29, 1.82) is 0 Å². The first-order chi connectivity index (χ1) is 12.6. The molecule has 2 amide bonds. The first-order valence-corrected chi connectivity index (χ1v) is 10.3. The van der Waals surface area contributed by atoms with Crippen LogP contribution in [0, 0.1) is 0 Å². The highest BCUT2D eigenvalue weighted by Gasteiger charge is 2.28. The molecule has 1 unspecified atom stereocenters. The maximum atomic E-state index is 12.9. The van der Waals surface area contributed by atoms with Gasteiger partial charge in [0.05, 0.1) is 5.69 Å². The molecule has 0 bridgehead atoms. The van der Waals surface area contributed by atoms with Crippen molar-refractivity contribution < 1.29 is 9.59 Å². The molecule has 1 aliphatic carbocycles. The molecular formula is C20H32N4O2. The first-order valence-electron chi connectivity index (χ1n) is 10.3. The number of nitrogens with one attached hydrogen (secondary N) is 2. The summed E-state index contributed by atoms with van der Waals surface area (Å²) in [6.07, 6.45) is 10.7. The number of hydrogen-bond donors (Lipinski definition) is 2. The predicted molar refractivity (Wildman–Crippen MR) is 101 cm³/mol. The Morgan fingerprint density at radius 1 is 1.12 bits per heavy atom. The number of hydrogen-bond acceptors (Lipinski definition) is 3. The second kappa shape index (κ2) is 8.69. The van der Waals surface area contributed by atoms with Gasteiger partial charge in [0.25, 0.3) is 11.8 Å². The van der Waals surface area contributed by atoms with Crippen molar-refractivity contribution in [2.24, 2.45) is 0 Å². The van der Waals surface area contributed by atoms with Crippen LogP contribution < -0.4 is 10.6 Å². The van der Waals surface area contributed by atoms with Crippen LogP contribution in [0.2, 0.25) is 0 Å². The van der Waals surface area contributed by atoms with Gasteiger partial charge in [-0.05, 0) is 45.4 Å². The fraction of sp³-hybridized carbons (Fsp3) is 0.750. The molecule has 26 heavy (non-hydrogen) atoms. The molecule has 3 rings (SSSR count). The van der Waals surface area contributed by atoms with Gasteiger partial charge >= 0.3 is 0 Å². The average molecular weight is 361 g/mol. The summed E-state index contributed by atoms with van der Waals surface area (Å²) in [6, 6.07) is 0.339. The van der Waals surface area contributed by atoms with Crippen molar-refractivity contribution in [2.45, 2.75) is 96.7 Å². The van der Waals surface area contributed by atoms with Crippen LogP contribution in [0.3, 0.4) is 0 Å². The molecule has 0 saturated heterocycles. The van der Waals surface area contributed by atoms with Crippen LogP contribution in [0.5, 0.6) is 0 Å². The highest BCUT2D eigenvalue weighted by molar-refractivity contribution is 5.97. The van der Waals surface area contributed by atoms with E-state index in [4.69, 9.17) is 0 Å². The van der Waals surface area contributed by atoms with Crippen LogP contribution in [0.15, 0.2) is 0 Å². The van der Waals surface area contributed by atoms with E-state index in [0.29, 0.717) is 11.5 Å². The Morgan fingerprint density at radius 3 is 2.54 bits per heavy atom. The molecule has 2 N–H and O–H groups in total. The van der Waals surface area contributed by atoms with E-state index < -0.39 is 0 Å². The van der Waals surface area contributed by atoms with E-state index in [1.807, 2.05) is 18.4 Å². The summed E-state index contributed by atoms with van der Waals surface area (Å²) in [7, 11) is 0. The molecule has 144 valence electrons. The molecule has 1 aromatic heterocycles. The summed E-state index contributed by atoms with van der Waals surface area (Å²) < 4.78 is 1.97. The molecule has 1 saturated carbocycles. The van der Waals surface area contributed by atoms with Gasteiger partial charge in [-0.3, -0.25) is 9.59 Å². The van der Waals surface area contributed by atoms with Crippen molar-refractivity contribution in [3.63, 3.8) is 0 Å². The lowest BCUT2D eigenvalue weighted by molar-refractivity contribution is 0.0917. The van der Waals surface area contributed by atoms with E-state index in [-0.39, 0.29) is 23.9 Å². The van der Waals surface area contributed by atoms with Crippen molar-refractivity contribution in [2.75, 3.05) is 0 Å². The number of aromatic nitrogens is 2. The van der Waals surface area contributed by atoms with Crippen LogP contribution >= 0.6 is 0 Å². The summed E-state index contributed by atoms with van der Waals surface area (Å²) in [5.74, 6) is 0.138. The minimum atomic E-state index is -0.154. The molecule has 1 aliphatic heterocycles. The third kappa shape index (κ3) is 4.27. The van der Waals surface area contributed by atoms with Crippen LogP contribution in [0.1, 0.15) is 98.4 Å². The Bertz CT molecular complexity index is 644. The van der Waals surface area contributed by atoms with Crippen molar-refractivity contribution in [3.8, 4) is 0 Å². The van der Waals surface area contributed by atoms with Crippen LogP contribution in [0.25, 0.3) is 0 Å². The monoisotopic (exact) mass is 360 g/mol. The van der Waals surface area contributed by atoms with E-state index >= 15 is 0 Å². The van der Waals surface area contributed by atoms with E-state index in [9.17, 15) is 9.59 Å². The second-order valence-corrected chi connectivity index (χ2v) is 7.78. The first kappa shape index (κ1) is 18.9. The van der Waals surface area contributed by atoms with Crippen LogP contribution in [-0.2, 0) is 13.0 Å². The summed E-state index contributed by atoms with van der Waals surface area (Å²) in [6.45, 7) is 4.80. The Balaban J connectivity index is 1.80. The van der Waals surface area contributed by atoms with Gasteiger partial charge in [0.2, 0.25) is 0 Å². The Kier molecular flexibility index (Phi) is 6.33. The number of nitrogens with zero attached hydrogens (tertiary/aromatic N) is 2. The Morgan fingerprint density at radius 2 is 1.85 bits per heavy atom. The normalized spacial score (nSPS) is 19.3. The Hall–Kier alpha value is -1.85. The van der Waals surface area contributed by atoms with Gasteiger partial charge in [0.1, 0.15) is 5.69 Å². The fourth-order valence-electron chi connectivity index (χ4n) is 3.97. The van der Waals surface area contributed by atoms with Crippen molar-refractivity contribution in [1.82, 2.24) is 20.2 Å². The smallest absolute Gasteiger partial charge is 0.287 e. The lowest BCUT2D eigenvalue weighted by Gasteiger charge is -2.19. The maximum Gasteiger partial charge on any atom is 0.287 e. The number of imidazole rings is 1. The zero-order valence-corrected chi connectivity index (χ0v) is 16.1. The van der Waals surface area contributed by atoms with E-state index in [1.165, 1.54) is 25.7 Å². The van der Waals surface area contributed by atoms with Crippen LogP contribution in [0.4, 0.5) is 0 Å². The minimum Gasteiger partial charge on any atom is -0.348 e. The molecule has 0 spiro atoms. The minimum absolute atomic E-state index is 0.103. The third-order valence-electron chi connectivity index (χ3n) is 5.72. The molecule has 0 aromatic carbocycles. The van der Waals surface area contributed by atoms with E-state index in [1.54, 1.807) is 0 Å². The maximum absolute atomic E-state index is 12.9. The predicted octanol–water partition coefficient (Wildman–Crippen LogP) is 3.20. The zero-order chi connectivity index (χ0) is 18.5. The highest BCUT2D eigenvalue weighted by atomic mass is 16.2. The van der Waals surface area contributed by atoms with Crippen molar-refractivity contribution in [3.05, 3.63) is 17.2 Å². The van der Waals surface area contributed by atoms with Gasteiger partial charge in [-0.25, -0.2) is 4.98 Å². The summed E-state index contributed by atoms with van der Waals surface area (Å²) >= 11 is 0. The Labute approximate surface area is 156 Å². The largest absolute Gasteiger partial charge is 0.348 e. The third-order valence-corrected chi connectivity index (χ3v) is 5.72. The molecule has 6 heteroatoms. The van der Waals surface area contributed by atoms with Gasteiger partial charge in [0, 0.05) is 18.6 Å². The second-order valence-electron chi connectivity index (χ2n) is 7.78. The summed E-state index contributed by atoms with van der Waals surface area (Å²) in [4.78, 5) is 30.0. The van der Waals surface area contributed by atoms with E-state index in [0.717, 1.165) is 50.8 Å². The lowest BCUT2D eigenvalue weighted by atomic mass is 10.1. The van der Waals surface area contributed by atoms with Crippen LogP contribution in [-0.4, -0.2) is 33.4 Å². The lowest BCUT2D eigenvalue weighted by Crippen LogP contribution is -2.36.